The average Bonchev–Trinajstić information content (AvgIpc) is 3.29. The van der Waals surface area contributed by atoms with E-state index in [1.54, 1.807) is 12.1 Å². The van der Waals surface area contributed by atoms with E-state index in [0.717, 1.165) is 32.2 Å². The Hall–Kier alpha value is -1.88. The fourth-order valence-electron chi connectivity index (χ4n) is 2.22. The lowest BCUT2D eigenvalue weighted by molar-refractivity contribution is -0.117. The van der Waals surface area contributed by atoms with Crippen LogP contribution in [-0.4, -0.2) is 42.9 Å². The molecule has 0 saturated heterocycles. The summed E-state index contributed by atoms with van der Waals surface area (Å²) in [4.78, 5) is 26.3. The van der Waals surface area contributed by atoms with Gasteiger partial charge in [-0.2, -0.15) is 0 Å². The molecule has 0 bridgehead atoms. The topological polar surface area (TPSA) is 61.4 Å². The third kappa shape index (κ3) is 5.15. The van der Waals surface area contributed by atoms with E-state index >= 15 is 0 Å². The molecule has 0 heterocycles. The summed E-state index contributed by atoms with van der Waals surface area (Å²) >= 11 is 0. The van der Waals surface area contributed by atoms with Crippen LogP contribution in [0, 0.1) is 0 Å². The fourth-order valence-corrected chi connectivity index (χ4v) is 2.22. The van der Waals surface area contributed by atoms with Crippen molar-refractivity contribution < 1.29 is 9.59 Å². The Morgan fingerprint density at radius 3 is 2.68 bits per heavy atom. The fraction of sp³-hybridized carbons (Fsp3) is 0.529. The molecule has 1 aromatic carbocycles. The third-order valence-electron chi connectivity index (χ3n) is 3.67. The summed E-state index contributed by atoms with van der Waals surface area (Å²) in [7, 11) is 1.93. The van der Waals surface area contributed by atoms with E-state index < -0.39 is 0 Å². The average molecular weight is 303 g/mol. The van der Waals surface area contributed by atoms with Crippen LogP contribution >= 0.6 is 0 Å². The second kappa shape index (κ2) is 7.94. The smallest absolute Gasteiger partial charge is 0.253 e. The van der Waals surface area contributed by atoms with Crippen molar-refractivity contribution in [2.45, 2.75) is 38.6 Å². The van der Waals surface area contributed by atoms with Crippen molar-refractivity contribution in [2.75, 3.05) is 25.5 Å². The van der Waals surface area contributed by atoms with Crippen LogP contribution < -0.4 is 10.6 Å². The van der Waals surface area contributed by atoms with Crippen LogP contribution in [0.3, 0.4) is 0 Å². The van der Waals surface area contributed by atoms with Crippen molar-refractivity contribution in [1.29, 1.82) is 0 Å². The summed E-state index contributed by atoms with van der Waals surface area (Å²) in [6.45, 7) is 3.36. The number of para-hydroxylation sites is 1. The quantitative estimate of drug-likeness (QED) is 0.774. The van der Waals surface area contributed by atoms with Crippen molar-refractivity contribution in [3.8, 4) is 0 Å². The van der Waals surface area contributed by atoms with E-state index in [1.807, 2.05) is 24.1 Å². The maximum atomic E-state index is 12.2. The number of hydrogen-bond donors (Lipinski definition) is 2. The van der Waals surface area contributed by atoms with Crippen molar-refractivity contribution in [3.63, 3.8) is 0 Å². The molecule has 1 aliphatic carbocycles. The highest BCUT2D eigenvalue weighted by molar-refractivity contribution is 6.04. The standard InChI is InChI=1S/C17H25N3O2/c1-3-4-11-20(2)12-16(21)19-15-8-6-5-7-14(15)17(22)18-13-9-10-13/h5-8,13H,3-4,9-12H2,1-2H3,(H,18,22)(H,19,21). The van der Waals surface area contributed by atoms with Crippen molar-refractivity contribution in [3.05, 3.63) is 29.8 Å². The van der Waals surface area contributed by atoms with Gasteiger partial charge in [-0.3, -0.25) is 14.5 Å². The number of rotatable bonds is 8. The van der Waals surface area contributed by atoms with Crippen LogP contribution in [0.25, 0.3) is 0 Å². The van der Waals surface area contributed by atoms with E-state index in [-0.39, 0.29) is 11.8 Å². The van der Waals surface area contributed by atoms with Gasteiger partial charge in [0.15, 0.2) is 0 Å². The van der Waals surface area contributed by atoms with Gasteiger partial charge >= 0.3 is 0 Å². The number of likely N-dealkylation sites (N-methyl/N-ethyl adjacent to an activating group) is 1. The molecule has 0 radical (unpaired) electrons. The first-order chi connectivity index (χ1) is 10.6. The second-order valence-electron chi connectivity index (χ2n) is 5.93. The van der Waals surface area contributed by atoms with Crippen LogP contribution in [-0.2, 0) is 4.79 Å². The molecular weight excluding hydrogens is 278 g/mol. The van der Waals surface area contributed by atoms with Gasteiger partial charge in [0.25, 0.3) is 5.91 Å². The largest absolute Gasteiger partial charge is 0.349 e. The van der Waals surface area contributed by atoms with Crippen LogP contribution in [0.15, 0.2) is 24.3 Å². The Kier molecular flexibility index (Phi) is 5.95. The van der Waals surface area contributed by atoms with Crippen LogP contribution in [0.1, 0.15) is 43.0 Å². The molecule has 2 rings (SSSR count). The van der Waals surface area contributed by atoms with E-state index in [4.69, 9.17) is 0 Å². The molecule has 2 N–H and O–H groups in total. The zero-order valence-corrected chi connectivity index (χ0v) is 13.4. The minimum Gasteiger partial charge on any atom is -0.349 e. The van der Waals surface area contributed by atoms with Gasteiger partial charge in [-0.15, -0.1) is 0 Å². The Morgan fingerprint density at radius 1 is 1.27 bits per heavy atom. The number of amides is 2. The molecule has 0 unspecified atom stereocenters. The van der Waals surface area contributed by atoms with E-state index in [2.05, 4.69) is 17.6 Å². The number of anilines is 1. The molecule has 0 atom stereocenters. The number of unbranched alkanes of at least 4 members (excludes halogenated alkanes) is 1. The first kappa shape index (κ1) is 16.5. The molecule has 120 valence electrons. The summed E-state index contributed by atoms with van der Waals surface area (Å²) in [5, 5.41) is 5.80. The minimum absolute atomic E-state index is 0.0923. The Balaban J connectivity index is 1.93. The highest BCUT2D eigenvalue weighted by Crippen LogP contribution is 2.21. The zero-order valence-electron chi connectivity index (χ0n) is 13.4. The molecule has 1 aromatic rings. The first-order valence-electron chi connectivity index (χ1n) is 7.98. The van der Waals surface area contributed by atoms with E-state index in [9.17, 15) is 9.59 Å². The predicted octanol–water partition coefficient (Wildman–Crippen LogP) is 2.25. The molecule has 5 heteroatoms. The molecule has 2 amide bonds. The number of hydrogen-bond acceptors (Lipinski definition) is 3. The zero-order chi connectivity index (χ0) is 15.9. The van der Waals surface area contributed by atoms with Crippen molar-refractivity contribution in [1.82, 2.24) is 10.2 Å². The van der Waals surface area contributed by atoms with Crippen molar-refractivity contribution >= 4 is 17.5 Å². The molecule has 1 fully saturated rings. The second-order valence-corrected chi connectivity index (χ2v) is 5.93. The molecule has 1 aliphatic rings. The molecule has 22 heavy (non-hydrogen) atoms. The summed E-state index contributed by atoms with van der Waals surface area (Å²) in [6.07, 6.45) is 4.27. The van der Waals surface area contributed by atoms with Crippen molar-refractivity contribution in [2.24, 2.45) is 0 Å². The first-order valence-corrected chi connectivity index (χ1v) is 7.98. The number of carbonyl (C=O) groups is 2. The number of benzene rings is 1. The van der Waals surface area contributed by atoms with Crippen LogP contribution in [0.5, 0.6) is 0 Å². The monoisotopic (exact) mass is 303 g/mol. The lowest BCUT2D eigenvalue weighted by atomic mass is 10.1. The lowest BCUT2D eigenvalue weighted by Gasteiger charge is -2.16. The third-order valence-corrected chi connectivity index (χ3v) is 3.67. The molecule has 0 spiro atoms. The number of nitrogens with zero attached hydrogens (tertiary/aromatic N) is 1. The summed E-state index contributed by atoms with van der Waals surface area (Å²) in [5.74, 6) is -0.206. The highest BCUT2D eigenvalue weighted by atomic mass is 16.2. The van der Waals surface area contributed by atoms with Gasteiger partial charge in [-0.25, -0.2) is 0 Å². The molecular formula is C17H25N3O2. The van der Waals surface area contributed by atoms with E-state index in [0.29, 0.717) is 23.8 Å². The van der Waals surface area contributed by atoms with Gasteiger partial charge in [0.05, 0.1) is 17.8 Å². The predicted molar refractivity (Wildman–Crippen MR) is 88.0 cm³/mol. The highest BCUT2D eigenvalue weighted by Gasteiger charge is 2.25. The molecule has 0 aliphatic heterocycles. The Labute approximate surface area is 132 Å². The van der Waals surface area contributed by atoms with Crippen LogP contribution in [0.4, 0.5) is 5.69 Å². The normalized spacial score (nSPS) is 14.0. The molecule has 5 nitrogen and oxygen atoms in total. The summed E-state index contributed by atoms with van der Waals surface area (Å²) in [6, 6.07) is 7.45. The molecule has 0 aromatic heterocycles. The summed E-state index contributed by atoms with van der Waals surface area (Å²) < 4.78 is 0. The Bertz CT molecular complexity index is 526. The van der Waals surface area contributed by atoms with Gasteiger partial charge in [0.1, 0.15) is 0 Å². The van der Waals surface area contributed by atoms with Gasteiger partial charge in [-0.05, 0) is 45.0 Å². The van der Waals surface area contributed by atoms with E-state index in [1.165, 1.54) is 0 Å². The number of nitrogens with one attached hydrogen (secondary N) is 2. The van der Waals surface area contributed by atoms with Gasteiger partial charge in [0, 0.05) is 6.04 Å². The molecule has 1 saturated carbocycles. The van der Waals surface area contributed by atoms with Gasteiger partial charge < -0.3 is 10.6 Å². The lowest BCUT2D eigenvalue weighted by Crippen LogP contribution is -2.32. The maximum absolute atomic E-state index is 12.2. The SMILES string of the molecule is CCCCN(C)CC(=O)Nc1ccccc1C(=O)NC1CC1. The maximum Gasteiger partial charge on any atom is 0.253 e. The summed E-state index contributed by atoms with van der Waals surface area (Å²) in [5.41, 5.74) is 1.11. The minimum atomic E-state index is -0.113. The van der Waals surface area contributed by atoms with Gasteiger partial charge in [0.2, 0.25) is 5.91 Å². The van der Waals surface area contributed by atoms with Gasteiger partial charge in [-0.1, -0.05) is 25.5 Å². The Morgan fingerprint density at radius 2 is 2.00 bits per heavy atom. The van der Waals surface area contributed by atoms with Crippen LogP contribution in [0.2, 0.25) is 0 Å². The number of carbonyl (C=O) groups excluding carboxylic acids is 2.